The van der Waals surface area contributed by atoms with Crippen molar-refractivity contribution >= 4 is 20.9 Å². The third-order valence-electron chi connectivity index (χ3n) is 0.622. The molecule has 0 N–H and O–H groups in total. The molecular formula is C4H6Te. The van der Waals surface area contributed by atoms with Gasteiger partial charge in [-0.05, 0) is 0 Å². The van der Waals surface area contributed by atoms with E-state index in [1.54, 1.807) is 0 Å². The predicted octanol–water partition coefficient (Wildman–Crippen LogP) is 1.10. The number of hydrogen-bond donors (Lipinski definition) is 0. The van der Waals surface area contributed by atoms with Gasteiger partial charge in [-0.3, -0.25) is 0 Å². The first-order valence-electron chi connectivity index (χ1n) is 1.64. The van der Waals surface area contributed by atoms with Gasteiger partial charge in [0.15, 0.2) is 0 Å². The Balaban J connectivity index is 2.06. The monoisotopic (exact) mass is 184 g/mol. The Kier molecular flexibility index (Phi) is 0.982. The molecule has 0 amide bonds. The molecule has 0 radical (unpaired) electrons. The van der Waals surface area contributed by atoms with Crippen LogP contribution in [0.4, 0.5) is 0 Å². The molecule has 0 bridgehead atoms. The van der Waals surface area contributed by atoms with Gasteiger partial charge in [-0.2, -0.15) is 0 Å². The van der Waals surface area contributed by atoms with Crippen molar-refractivity contribution in [3.05, 3.63) is 12.2 Å². The van der Waals surface area contributed by atoms with E-state index in [9.17, 15) is 0 Å². The van der Waals surface area contributed by atoms with Crippen LogP contribution in [0.15, 0.2) is 12.2 Å². The van der Waals surface area contributed by atoms with Gasteiger partial charge in [0.05, 0.1) is 0 Å². The summed E-state index contributed by atoms with van der Waals surface area (Å²) >= 11 is 0.410. The van der Waals surface area contributed by atoms with Crippen LogP contribution in [0.5, 0.6) is 0 Å². The van der Waals surface area contributed by atoms with Crippen molar-refractivity contribution in [3.8, 4) is 0 Å². The molecule has 1 rings (SSSR count). The zero-order chi connectivity index (χ0) is 3.70. The molecule has 0 aliphatic heterocycles. The minimum atomic E-state index is 0.410. The van der Waals surface area contributed by atoms with Gasteiger partial charge in [-0.25, -0.2) is 0 Å². The van der Waals surface area contributed by atoms with Gasteiger partial charge in [-0.1, -0.05) is 0 Å². The fraction of sp³-hybridized carbons (Fsp3) is 0.500. The first-order valence-corrected chi connectivity index (χ1v) is 5.32. The second kappa shape index (κ2) is 1.32. The van der Waals surface area contributed by atoms with E-state index in [-0.39, 0.29) is 0 Å². The zero-order valence-electron chi connectivity index (χ0n) is 3.14. The summed E-state index contributed by atoms with van der Waals surface area (Å²) in [7, 11) is 0. The summed E-state index contributed by atoms with van der Waals surface area (Å²) in [4.78, 5) is 2.33. The maximum absolute atomic E-state index is 2.33. The van der Waals surface area contributed by atoms with Crippen LogP contribution < -0.4 is 0 Å². The number of hydrogen-bond acceptors (Lipinski definition) is 0. The minimum absolute atomic E-state index is 0.410. The summed E-state index contributed by atoms with van der Waals surface area (Å²) in [6.45, 7) is 0. The van der Waals surface area contributed by atoms with E-state index in [2.05, 4.69) is 17.1 Å². The fourth-order valence-corrected chi connectivity index (χ4v) is 1.36. The predicted molar refractivity (Wildman–Crippen MR) is 24.5 cm³/mol. The van der Waals surface area contributed by atoms with Crippen molar-refractivity contribution in [1.29, 1.82) is 0 Å². The van der Waals surface area contributed by atoms with E-state index in [4.69, 9.17) is 0 Å². The quantitative estimate of drug-likeness (QED) is 0.420. The molecule has 0 saturated carbocycles. The average Bonchev–Trinajstić information content (AvgIpc) is 2.12. The van der Waals surface area contributed by atoms with E-state index in [1.165, 1.54) is 0 Å². The molecule has 28 valence electrons. The Morgan fingerprint density at radius 2 is 2.20 bits per heavy atom. The SMILES string of the molecule is C[Te]C1C=C1. The maximum atomic E-state index is 2.33. The molecule has 0 aromatic rings. The fourth-order valence-electron chi connectivity index (χ4n) is 0.202. The van der Waals surface area contributed by atoms with E-state index in [0.29, 0.717) is 20.9 Å². The summed E-state index contributed by atoms with van der Waals surface area (Å²) in [5.74, 6) is 0. The van der Waals surface area contributed by atoms with E-state index < -0.39 is 0 Å². The molecule has 0 aromatic heterocycles. The second-order valence-corrected chi connectivity index (χ2v) is 3.98. The van der Waals surface area contributed by atoms with Crippen LogP contribution in [-0.2, 0) is 0 Å². The number of rotatable bonds is 1. The molecular weight excluding hydrogens is 176 g/mol. The van der Waals surface area contributed by atoms with E-state index in [0.717, 1.165) is 3.97 Å². The molecule has 0 atom stereocenters. The van der Waals surface area contributed by atoms with Gasteiger partial charge < -0.3 is 0 Å². The summed E-state index contributed by atoms with van der Waals surface area (Å²) < 4.78 is 1.01. The Hall–Kier alpha value is 0.530. The topological polar surface area (TPSA) is 0 Å². The van der Waals surface area contributed by atoms with Crippen molar-refractivity contribution in [2.45, 2.75) is 8.94 Å². The molecule has 5 heavy (non-hydrogen) atoms. The van der Waals surface area contributed by atoms with Gasteiger partial charge in [0, 0.05) is 0 Å². The van der Waals surface area contributed by atoms with Crippen LogP contribution in [0.25, 0.3) is 0 Å². The third kappa shape index (κ3) is 0.948. The van der Waals surface area contributed by atoms with Gasteiger partial charge >= 0.3 is 42.0 Å². The second-order valence-electron chi connectivity index (χ2n) is 1.09. The van der Waals surface area contributed by atoms with Gasteiger partial charge in [-0.15, -0.1) is 0 Å². The Labute approximate surface area is 42.3 Å². The van der Waals surface area contributed by atoms with Crippen LogP contribution in [0.1, 0.15) is 0 Å². The molecule has 1 aliphatic carbocycles. The molecule has 0 nitrogen and oxygen atoms in total. The van der Waals surface area contributed by atoms with Gasteiger partial charge in [0.25, 0.3) is 0 Å². The number of allylic oxidation sites excluding steroid dienone is 2. The summed E-state index contributed by atoms with van der Waals surface area (Å²) in [6, 6.07) is 0. The normalized spacial score (nSPS) is 20.2. The molecule has 1 heteroatoms. The Bertz CT molecular complexity index is 50.7. The van der Waals surface area contributed by atoms with Crippen LogP contribution in [-0.4, -0.2) is 20.9 Å². The molecule has 0 heterocycles. The molecule has 0 spiro atoms. The summed E-state index contributed by atoms with van der Waals surface area (Å²) in [5, 5.41) is 0. The molecule has 0 unspecified atom stereocenters. The van der Waals surface area contributed by atoms with Crippen LogP contribution in [0.3, 0.4) is 0 Å². The molecule has 0 aromatic carbocycles. The standard InChI is InChI=1S/C4H6Te/c1-5-4-2-3-4/h2-4H,1H3. The first kappa shape index (κ1) is 3.71. The Morgan fingerprint density at radius 3 is 2.20 bits per heavy atom. The molecule has 0 saturated heterocycles. The Morgan fingerprint density at radius 1 is 1.60 bits per heavy atom. The van der Waals surface area contributed by atoms with Crippen LogP contribution >= 0.6 is 0 Å². The van der Waals surface area contributed by atoms with Crippen molar-refractivity contribution in [1.82, 2.24) is 0 Å². The van der Waals surface area contributed by atoms with Crippen LogP contribution in [0.2, 0.25) is 8.94 Å². The van der Waals surface area contributed by atoms with Crippen molar-refractivity contribution < 1.29 is 0 Å². The third-order valence-corrected chi connectivity index (χ3v) is 3.07. The van der Waals surface area contributed by atoms with Crippen molar-refractivity contribution in [2.75, 3.05) is 0 Å². The van der Waals surface area contributed by atoms with E-state index >= 15 is 0 Å². The van der Waals surface area contributed by atoms with Crippen molar-refractivity contribution in [2.24, 2.45) is 0 Å². The molecule has 1 aliphatic rings. The zero-order valence-corrected chi connectivity index (χ0v) is 5.47. The van der Waals surface area contributed by atoms with Gasteiger partial charge in [0.2, 0.25) is 0 Å². The van der Waals surface area contributed by atoms with Crippen molar-refractivity contribution in [3.63, 3.8) is 0 Å². The molecule has 0 fully saturated rings. The average molecular weight is 182 g/mol. The van der Waals surface area contributed by atoms with E-state index in [1.807, 2.05) is 0 Å². The first-order chi connectivity index (χ1) is 2.43. The summed E-state index contributed by atoms with van der Waals surface area (Å²) in [6.07, 6.45) is 4.56. The van der Waals surface area contributed by atoms with Crippen LogP contribution in [0, 0.1) is 0 Å². The van der Waals surface area contributed by atoms with Gasteiger partial charge in [0.1, 0.15) is 0 Å². The summed E-state index contributed by atoms with van der Waals surface area (Å²) in [5.41, 5.74) is 0.